The van der Waals surface area contributed by atoms with Crippen LogP contribution in [0.1, 0.15) is 39.5 Å². The molecule has 1 unspecified atom stereocenters. The number of hydrogen-bond acceptors (Lipinski definition) is 2. The second-order valence-electron chi connectivity index (χ2n) is 4.04. The van der Waals surface area contributed by atoms with E-state index in [0.29, 0.717) is 4.75 Å². The van der Waals surface area contributed by atoms with Gasteiger partial charge in [-0.2, -0.15) is 11.8 Å². The van der Waals surface area contributed by atoms with Crippen molar-refractivity contribution in [3.05, 3.63) is 0 Å². The van der Waals surface area contributed by atoms with E-state index in [-0.39, 0.29) is 0 Å². The van der Waals surface area contributed by atoms with E-state index in [2.05, 4.69) is 25.6 Å². The molecule has 1 nitrogen and oxygen atoms in total. The van der Waals surface area contributed by atoms with Crippen LogP contribution in [0.2, 0.25) is 0 Å². The van der Waals surface area contributed by atoms with Gasteiger partial charge in [0.15, 0.2) is 0 Å². The Labute approximate surface area is 79.3 Å². The smallest absolute Gasteiger partial charge is 0.119 e. The maximum absolute atomic E-state index is 10.1. The summed E-state index contributed by atoms with van der Waals surface area (Å²) in [6.07, 6.45) is 5.44. The van der Waals surface area contributed by atoms with Gasteiger partial charge >= 0.3 is 0 Å². The Balaban J connectivity index is 2.26. The van der Waals surface area contributed by atoms with E-state index < -0.39 is 0 Å². The minimum absolute atomic E-state index is 0.461. The highest BCUT2D eigenvalue weighted by Crippen LogP contribution is 2.44. The number of aldehydes is 1. The normalized spacial score (nSPS) is 27.3. The van der Waals surface area contributed by atoms with Crippen LogP contribution in [0, 0.1) is 5.92 Å². The summed E-state index contributed by atoms with van der Waals surface area (Å²) in [5.41, 5.74) is 0. The predicted molar refractivity (Wildman–Crippen MR) is 54.6 cm³/mol. The van der Waals surface area contributed by atoms with Crippen LogP contribution in [0.4, 0.5) is 0 Å². The highest BCUT2D eigenvalue weighted by Gasteiger charge is 2.34. The lowest BCUT2D eigenvalue weighted by Crippen LogP contribution is -2.21. The molecule has 12 heavy (non-hydrogen) atoms. The predicted octanol–water partition coefficient (Wildman–Crippen LogP) is 2.89. The summed E-state index contributed by atoms with van der Waals surface area (Å²) in [6, 6.07) is 0. The highest BCUT2D eigenvalue weighted by atomic mass is 32.2. The Morgan fingerprint density at radius 2 is 2.33 bits per heavy atom. The van der Waals surface area contributed by atoms with E-state index in [4.69, 9.17) is 0 Å². The highest BCUT2D eigenvalue weighted by molar-refractivity contribution is 8.00. The van der Waals surface area contributed by atoms with Crippen molar-refractivity contribution < 1.29 is 4.79 Å². The molecule has 0 bridgehead atoms. The molecule has 0 radical (unpaired) electrons. The molecular weight excluding hydrogens is 168 g/mol. The minimum Gasteiger partial charge on any atom is -0.303 e. The van der Waals surface area contributed by atoms with Crippen LogP contribution in [-0.2, 0) is 4.79 Å². The maximum atomic E-state index is 10.1. The molecule has 0 aromatic carbocycles. The summed E-state index contributed by atoms with van der Waals surface area (Å²) in [7, 11) is 0. The number of thioether (sulfide) groups is 1. The second kappa shape index (κ2) is 4.31. The molecule has 1 heterocycles. The van der Waals surface area contributed by atoms with Gasteiger partial charge in [0, 0.05) is 11.2 Å². The Hall–Kier alpha value is 0.0200. The van der Waals surface area contributed by atoms with Crippen molar-refractivity contribution in [2.45, 2.75) is 44.3 Å². The van der Waals surface area contributed by atoms with Crippen molar-refractivity contribution >= 4 is 18.0 Å². The van der Waals surface area contributed by atoms with E-state index in [1.807, 2.05) is 0 Å². The first kappa shape index (κ1) is 10.1. The third-order valence-corrected chi connectivity index (χ3v) is 4.32. The molecule has 70 valence electrons. The Morgan fingerprint density at radius 3 is 2.83 bits per heavy atom. The Kier molecular flexibility index (Phi) is 3.63. The maximum Gasteiger partial charge on any atom is 0.119 e. The molecule has 0 aromatic heterocycles. The van der Waals surface area contributed by atoms with Gasteiger partial charge in [-0.05, 0) is 30.9 Å². The van der Waals surface area contributed by atoms with E-state index in [9.17, 15) is 4.79 Å². The molecule has 0 amide bonds. The molecule has 0 aromatic rings. The average molecular weight is 186 g/mol. The van der Waals surface area contributed by atoms with Gasteiger partial charge in [-0.3, -0.25) is 0 Å². The molecule has 1 fully saturated rings. The summed E-state index contributed by atoms with van der Waals surface area (Å²) in [4.78, 5) is 10.1. The van der Waals surface area contributed by atoms with Crippen LogP contribution in [0.5, 0.6) is 0 Å². The van der Waals surface area contributed by atoms with Crippen LogP contribution in [0.25, 0.3) is 0 Å². The van der Waals surface area contributed by atoms with Crippen molar-refractivity contribution in [2.75, 3.05) is 5.75 Å². The molecule has 1 aliphatic heterocycles. The number of carbonyl (C=O) groups excluding carboxylic acids is 1. The minimum atomic E-state index is 0.461. The summed E-state index contributed by atoms with van der Waals surface area (Å²) in [6.45, 7) is 4.66. The zero-order valence-corrected chi connectivity index (χ0v) is 8.82. The molecule has 1 saturated heterocycles. The molecule has 0 aliphatic carbocycles. The van der Waals surface area contributed by atoms with E-state index in [1.165, 1.54) is 18.6 Å². The summed E-state index contributed by atoms with van der Waals surface area (Å²) in [5.74, 6) is 2.14. The zero-order valence-electron chi connectivity index (χ0n) is 8.01. The van der Waals surface area contributed by atoms with Gasteiger partial charge in [-0.1, -0.05) is 13.8 Å². The van der Waals surface area contributed by atoms with Gasteiger partial charge in [-0.25, -0.2) is 0 Å². The van der Waals surface area contributed by atoms with Crippen molar-refractivity contribution in [3.63, 3.8) is 0 Å². The van der Waals surface area contributed by atoms with Gasteiger partial charge < -0.3 is 4.79 Å². The van der Waals surface area contributed by atoms with E-state index in [0.717, 1.165) is 25.0 Å². The third-order valence-electron chi connectivity index (χ3n) is 2.80. The van der Waals surface area contributed by atoms with Gasteiger partial charge in [0.1, 0.15) is 6.29 Å². The standard InChI is InChI=1S/C10H18OS/c1-10(2)9(6-8-12-10)5-3-4-7-11/h7,9H,3-6,8H2,1-2H3. The molecule has 0 saturated carbocycles. The SMILES string of the molecule is CC1(C)SCCC1CCCC=O. The van der Waals surface area contributed by atoms with Gasteiger partial charge in [0.25, 0.3) is 0 Å². The lowest BCUT2D eigenvalue weighted by atomic mass is 9.88. The van der Waals surface area contributed by atoms with E-state index in [1.54, 1.807) is 0 Å². The molecular formula is C10H18OS. The van der Waals surface area contributed by atoms with Crippen molar-refractivity contribution in [2.24, 2.45) is 5.92 Å². The number of hydrogen-bond donors (Lipinski definition) is 0. The van der Waals surface area contributed by atoms with Gasteiger partial charge in [0.2, 0.25) is 0 Å². The second-order valence-corrected chi connectivity index (χ2v) is 5.78. The quantitative estimate of drug-likeness (QED) is 0.496. The first-order valence-electron chi connectivity index (χ1n) is 4.74. The lowest BCUT2D eigenvalue weighted by Gasteiger charge is -2.25. The van der Waals surface area contributed by atoms with Crippen LogP contribution in [0.15, 0.2) is 0 Å². The third kappa shape index (κ3) is 2.51. The van der Waals surface area contributed by atoms with Crippen LogP contribution < -0.4 is 0 Å². The van der Waals surface area contributed by atoms with Crippen molar-refractivity contribution in [1.29, 1.82) is 0 Å². The summed E-state index contributed by atoms with van der Waals surface area (Å²) < 4.78 is 0.461. The van der Waals surface area contributed by atoms with Crippen LogP contribution >= 0.6 is 11.8 Å². The Morgan fingerprint density at radius 1 is 1.58 bits per heavy atom. The molecule has 2 heteroatoms. The van der Waals surface area contributed by atoms with Gasteiger partial charge in [-0.15, -0.1) is 0 Å². The molecule has 0 spiro atoms. The average Bonchev–Trinajstić information content (AvgIpc) is 2.32. The first-order chi connectivity index (χ1) is 5.67. The first-order valence-corrected chi connectivity index (χ1v) is 5.73. The summed E-state index contributed by atoms with van der Waals surface area (Å²) >= 11 is 2.08. The van der Waals surface area contributed by atoms with E-state index >= 15 is 0 Å². The number of unbranched alkanes of at least 4 members (excludes halogenated alkanes) is 1. The fourth-order valence-corrected chi connectivity index (χ4v) is 3.27. The topological polar surface area (TPSA) is 17.1 Å². The van der Waals surface area contributed by atoms with Crippen LogP contribution in [-0.4, -0.2) is 16.8 Å². The van der Waals surface area contributed by atoms with Crippen molar-refractivity contribution in [3.8, 4) is 0 Å². The summed E-state index contributed by atoms with van der Waals surface area (Å²) in [5, 5.41) is 0. The number of rotatable bonds is 4. The van der Waals surface area contributed by atoms with Crippen molar-refractivity contribution in [1.82, 2.24) is 0 Å². The molecule has 1 atom stereocenters. The fourth-order valence-electron chi connectivity index (χ4n) is 1.87. The molecule has 0 N–H and O–H groups in total. The largest absolute Gasteiger partial charge is 0.303 e. The monoisotopic (exact) mass is 186 g/mol. The number of carbonyl (C=O) groups is 1. The molecule has 1 aliphatic rings. The zero-order chi connectivity index (χ0) is 9.03. The lowest BCUT2D eigenvalue weighted by molar-refractivity contribution is -0.108. The fraction of sp³-hybridized carbons (Fsp3) is 0.900. The Bertz CT molecular complexity index is 154. The molecule has 1 rings (SSSR count). The van der Waals surface area contributed by atoms with Crippen LogP contribution in [0.3, 0.4) is 0 Å². The van der Waals surface area contributed by atoms with Gasteiger partial charge in [0.05, 0.1) is 0 Å².